The molecule has 0 heterocycles. The van der Waals surface area contributed by atoms with Crippen LogP contribution < -0.4 is 0 Å². The van der Waals surface area contributed by atoms with Crippen LogP contribution in [0, 0.1) is 0 Å². The summed E-state index contributed by atoms with van der Waals surface area (Å²) >= 11 is 0. The quantitative estimate of drug-likeness (QED) is 0.442. The number of carbonyl (C=O) groups is 2. The van der Waals surface area contributed by atoms with Gasteiger partial charge in [-0.2, -0.15) is 0 Å². The maximum atomic E-state index is 10.7. The first-order chi connectivity index (χ1) is 6.90. The number of allylic oxidation sites excluding steroid dienone is 2. The summed E-state index contributed by atoms with van der Waals surface area (Å²) < 4.78 is 0. The monoisotopic (exact) mass is 252 g/mol. The summed E-state index contributed by atoms with van der Waals surface area (Å²) in [4.78, 5) is 21.3. The Balaban J connectivity index is 0. The number of rotatable bonds is 5. The Hall–Kier alpha value is 0.0564. The molecule has 86 valence electrons. The molecule has 4 nitrogen and oxygen atoms in total. The van der Waals surface area contributed by atoms with Crippen molar-refractivity contribution in [1.82, 2.24) is 0 Å². The van der Waals surface area contributed by atoms with Crippen molar-refractivity contribution in [1.29, 1.82) is 0 Å². The molecule has 0 unspecified atom stereocenters. The van der Waals surface area contributed by atoms with Crippen LogP contribution in [0.15, 0.2) is 22.8 Å². The van der Waals surface area contributed by atoms with E-state index in [1.165, 1.54) is 19.9 Å². The molecule has 0 saturated heterocycles. The standard InChI is InChI=1S/C11H16O4.K.H/c1-4-5-9(8(3)11(14)15)6-7(2)10(12)13;;/h6H,4-5H2,1-3H3,(H,12,13)(H,14,15);;. The molecule has 0 saturated carbocycles. The van der Waals surface area contributed by atoms with Crippen LogP contribution in [-0.4, -0.2) is 73.5 Å². The molecule has 0 aromatic rings. The maximum absolute atomic E-state index is 10.7. The molecule has 0 aromatic carbocycles. The number of hydrogen-bond acceptors (Lipinski definition) is 2. The first-order valence-corrected chi connectivity index (χ1v) is 4.74. The van der Waals surface area contributed by atoms with Crippen molar-refractivity contribution in [2.75, 3.05) is 0 Å². The van der Waals surface area contributed by atoms with Crippen LogP contribution >= 0.6 is 0 Å². The topological polar surface area (TPSA) is 74.6 Å². The first kappa shape index (κ1) is 18.4. The Labute approximate surface area is 138 Å². The summed E-state index contributed by atoms with van der Waals surface area (Å²) in [5.74, 6) is -2.03. The van der Waals surface area contributed by atoms with Crippen LogP contribution in [0.3, 0.4) is 0 Å². The minimum atomic E-state index is -1.03. The van der Waals surface area contributed by atoms with E-state index in [4.69, 9.17) is 10.2 Å². The molecule has 0 spiro atoms. The molecular weight excluding hydrogens is 235 g/mol. The van der Waals surface area contributed by atoms with Gasteiger partial charge in [-0.15, -0.1) is 0 Å². The van der Waals surface area contributed by atoms with Crippen molar-refractivity contribution < 1.29 is 19.8 Å². The molecule has 0 aliphatic heterocycles. The normalized spacial score (nSPS) is 12.6. The molecule has 0 aromatic heterocycles. The zero-order valence-electron chi connectivity index (χ0n) is 9.20. The fourth-order valence-electron chi connectivity index (χ4n) is 1.10. The molecule has 5 heteroatoms. The van der Waals surface area contributed by atoms with Gasteiger partial charge in [-0.3, -0.25) is 0 Å². The van der Waals surface area contributed by atoms with Crippen molar-refractivity contribution in [3.05, 3.63) is 22.8 Å². The summed E-state index contributed by atoms with van der Waals surface area (Å²) in [6.07, 6.45) is 2.78. The van der Waals surface area contributed by atoms with E-state index in [-0.39, 0.29) is 62.5 Å². The fraction of sp³-hybridized carbons (Fsp3) is 0.455. The van der Waals surface area contributed by atoms with Gasteiger partial charge in [0.1, 0.15) is 0 Å². The van der Waals surface area contributed by atoms with Gasteiger partial charge in [-0.05, 0) is 31.9 Å². The minimum absolute atomic E-state index is 0. The van der Waals surface area contributed by atoms with E-state index < -0.39 is 11.9 Å². The summed E-state index contributed by atoms with van der Waals surface area (Å²) in [5.41, 5.74) is 0.932. The average Bonchev–Trinajstić information content (AvgIpc) is 2.15. The van der Waals surface area contributed by atoms with Gasteiger partial charge in [0, 0.05) is 11.1 Å². The zero-order valence-corrected chi connectivity index (χ0v) is 9.20. The van der Waals surface area contributed by atoms with E-state index in [9.17, 15) is 9.59 Å². The van der Waals surface area contributed by atoms with Gasteiger partial charge in [0.25, 0.3) is 0 Å². The second kappa shape index (κ2) is 9.12. The fourth-order valence-corrected chi connectivity index (χ4v) is 1.10. The molecule has 0 bridgehead atoms. The van der Waals surface area contributed by atoms with E-state index in [0.717, 1.165) is 6.42 Å². The van der Waals surface area contributed by atoms with Crippen LogP contribution in [0.5, 0.6) is 0 Å². The van der Waals surface area contributed by atoms with E-state index in [1.54, 1.807) is 0 Å². The molecule has 0 aliphatic rings. The predicted octanol–water partition coefficient (Wildman–Crippen LogP) is 1.57. The van der Waals surface area contributed by atoms with E-state index in [2.05, 4.69) is 0 Å². The summed E-state index contributed by atoms with van der Waals surface area (Å²) in [6, 6.07) is 0. The number of carboxylic acids is 2. The van der Waals surface area contributed by atoms with Gasteiger partial charge in [0.05, 0.1) is 0 Å². The second-order valence-corrected chi connectivity index (χ2v) is 3.34. The number of hydrogen-bond donors (Lipinski definition) is 2. The average molecular weight is 252 g/mol. The van der Waals surface area contributed by atoms with Crippen molar-refractivity contribution in [2.45, 2.75) is 33.6 Å². The van der Waals surface area contributed by atoms with Crippen molar-refractivity contribution >= 4 is 63.3 Å². The summed E-state index contributed by atoms with van der Waals surface area (Å²) in [5, 5.41) is 17.5. The van der Waals surface area contributed by atoms with Crippen LogP contribution in [-0.2, 0) is 9.59 Å². The molecule has 2 N–H and O–H groups in total. The number of carboxylic acid groups (broad SMARTS) is 2. The van der Waals surface area contributed by atoms with Gasteiger partial charge in [-0.1, -0.05) is 13.3 Å². The van der Waals surface area contributed by atoms with Gasteiger partial charge >= 0.3 is 63.3 Å². The third-order valence-electron chi connectivity index (χ3n) is 2.05. The van der Waals surface area contributed by atoms with Crippen LogP contribution in [0.4, 0.5) is 0 Å². The molecule has 0 amide bonds. The van der Waals surface area contributed by atoms with Gasteiger partial charge in [-0.25, -0.2) is 9.59 Å². The van der Waals surface area contributed by atoms with Crippen LogP contribution in [0.1, 0.15) is 33.6 Å². The molecule has 0 rings (SSSR count). The Bertz CT molecular complexity index is 329. The Morgan fingerprint density at radius 1 is 1.12 bits per heavy atom. The van der Waals surface area contributed by atoms with E-state index in [1.807, 2.05) is 6.92 Å². The third-order valence-corrected chi connectivity index (χ3v) is 2.05. The van der Waals surface area contributed by atoms with Crippen molar-refractivity contribution in [2.24, 2.45) is 0 Å². The van der Waals surface area contributed by atoms with Gasteiger partial charge in [0.2, 0.25) is 0 Å². The van der Waals surface area contributed by atoms with Crippen LogP contribution in [0.2, 0.25) is 0 Å². The summed E-state index contributed by atoms with van der Waals surface area (Å²) in [6.45, 7) is 4.85. The number of aliphatic carboxylic acids is 2. The molecule has 0 fully saturated rings. The van der Waals surface area contributed by atoms with E-state index >= 15 is 0 Å². The third kappa shape index (κ3) is 6.60. The molecule has 0 radical (unpaired) electrons. The van der Waals surface area contributed by atoms with E-state index in [0.29, 0.717) is 12.0 Å². The predicted molar refractivity (Wildman–Crippen MR) is 63.8 cm³/mol. The molecule has 0 atom stereocenters. The van der Waals surface area contributed by atoms with Gasteiger partial charge < -0.3 is 10.2 Å². The first-order valence-electron chi connectivity index (χ1n) is 4.74. The Kier molecular flexibility index (Phi) is 10.5. The second-order valence-electron chi connectivity index (χ2n) is 3.34. The zero-order chi connectivity index (χ0) is 12.0. The molecular formula is C11H17KO4. The molecule has 16 heavy (non-hydrogen) atoms. The Morgan fingerprint density at radius 3 is 1.94 bits per heavy atom. The van der Waals surface area contributed by atoms with Crippen molar-refractivity contribution in [3.63, 3.8) is 0 Å². The summed E-state index contributed by atoms with van der Waals surface area (Å²) in [7, 11) is 0. The molecule has 0 aliphatic carbocycles. The van der Waals surface area contributed by atoms with Crippen LogP contribution in [0.25, 0.3) is 0 Å². The van der Waals surface area contributed by atoms with Gasteiger partial charge in [0.15, 0.2) is 0 Å². The van der Waals surface area contributed by atoms with Crippen molar-refractivity contribution in [3.8, 4) is 0 Å². The SMILES string of the molecule is CCCC(C=C(C)C(=O)O)=C(C)C(=O)O.[KH]. The Morgan fingerprint density at radius 2 is 1.62 bits per heavy atom.